The minimum absolute atomic E-state index is 0.236. The van der Waals surface area contributed by atoms with Crippen molar-refractivity contribution < 1.29 is 0 Å². The van der Waals surface area contributed by atoms with Gasteiger partial charge in [0, 0.05) is 18.1 Å². The maximum Gasteiger partial charge on any atom is 0.0306 e. The van der Waals surface area contributed by atoms with Gasteiger partial charge in [0.15, 0.2) is 0 Å². The zero-order chi connectivity index (χ0) is 11.5. The van der Waals surface area contributed by atoms with Crippen LogP contribution in [0.2, 0.25) is 0 Å². The highest BCUT2D eigenvalue weighted by molar-refractivity contribution is 4.93. The fraction of sp³-hybridized carbons (Fsp3) is 1.00. The van der Waals surface area contributed by atoms with Crippen molar-refractivity contribution in [3.63, 3.8) is 0 Å². The third-order valence-corrected chi connectivity index (χ3v) is 3.95. The summed E-state index contributed by atoms with van der Waals surface area (Å²) in [6, 6.07) is 0.728. The lowest BCUT2D eigenvalue weighted by molar-refractivity contribution is 0.0893. The van der Waals surface area contributed by atoms with Gasteiger partial charge in [-0.05, 0) is 52.0 Å². The molecule has 0 spiro atoms. The van der Waals surface area contributed by atoms with E-state index in [1.165, 1.54) is 32.2 Å². The predicted molar refractivity (Wildman–Crippen MR) is 66.9 cm³/mol. The van der Waals surface area contributed by atoms with E-state index in [-0.39, 0.29) is 5.54 Å². The Kier molecular flexibility index (Phi) is 4.60. The molecule has 0 radical (unpaired) electrons. The zero-order valence-electron chi connectivity index (χ0n) is 10.9. The summed E-state index contributed by atoms with van der Waals surface area (Å²) in [6.45, 7) is 11.3. The Balaban J connectivity index is 2.57. The molecule has 1 fully saturated rings. The van der Waals surface area contributed by atoms with Gasteiger partial charge in [0.05, 0.1) is 0 Å². The highest BCUT2D eigenvalue weighted by Crippen LogP contribution is 2.30. The molecule has 1 heterocycles. The Morgan fingerprint density at radius 1 is 1.47 bits per heavy atom. The molecule has 1 rings (SSSR count). The molecule has 90 valence electrons. The van der Waals surface area contributed by atoms with E-state index in [4.69, 9.17) is 5.73 Å². The highest BCUT2D eigenvalue weighted by Gasteiger charge is 2.35. The fourth-order valence-corrected chi connectivity index (χ4v) is 2.70. The summed E-state index contributed by atoms with van der Waals surface area (Å²) >= 11 is 0. The SMILES string of the molecule is CC(C)CCC(C)(CN)N1CCCC1C. The molecule has 0 saturated carbocycles. The van der Waals surface area contributed by atoms with Crippen LogP contribution in [0.5, 0.6) is 0 Å². The first-order chi connectivity index (χ1) is 6.99. The van der Waals surface area contributed by atoms with E-state index in [0.29, 0.717) is 0 Å². The average Bonchev–Trinajstić information content (AvgIpc) is 2.61. The second-order valence-electron chi connectivity index (χ2n) is 5.82. The number of nitrogens with zero attached hydrogens (tertiary/aromatic N) is 1. The maximum absolute atomic E-state index is 5.99. The van der Waals surface area contributed by atoms with Crippen molar-refractivity contribution in [1.29, 1.82) is 0 Å². The molecule has 0 aromatic rings. The Morgan fingerprint density at radius 2 is 2.13 bits per heavy atom. The largest absolute Gasteiger partial charge is 0.329 e. The molecule has 15 heavy (non-hydrogen) atoms. The van der Waals surface area contributed by atoms with Crippen LogP contribution in [0, 0.1) is 5.92 Å². The second kappa shape index (κ2) is 5.31. The monoisotopic (exact) mass is 212 g/mol. The van der Waals surface area contributed by atoms with E-state index < -0.39 is 0 Å². The summed E-state index contributed by atoms with van der Waals surface area (Å²) in [5.41, 5.74) is 6.23. The molecule has 2 unspecified atom stereocenters. The number of hydrogen-bond acceptors (Lipinski definition) is 2. The van der Waals surface area contributed by atoms with E-state index in [1.54, 1.807) is 0 Å². The first kappa shape index (κ1) is 13.0. The van der Waals surface area contributed by atoms with Crippen LogP contribution in [0.4, 0.5) is 0 Å². The van der Waals surface area contributed by atoms with E-state index >= 15 is 0 Å². The molecule has 1 aliphatic rings. The van der Waals surface area contributed by atoms with Gasteiger partial charge in [-0.1, -0.05) is 13.8 Å². The predicted octanol–water partition coefficient (Wildman–Crippen LogP) is 2.62. The second-order valence-corrected chi connectivity index (χ2v) is 5.82. The van der Waals surface area contributed by atoms with Crippen molar-refractivity contribution >= 4 is 0 Å². The number of rotatable bonds is 5. The molecule has 0 aliphatic carbocycles. The van der Waals surface area contributed by atoms with Gasteiger partial charge in [-0.3, -0.25) is 4.90 Å². The molecular weight excluding hydrogens is 184 g/mol. The number of likely N-dealkylation sites (tertiary alicyclic amines) is 1. The summed E-state index contributed by atoms with van der Waals surface area (Å²) in [5.74, 6) is 0.786. The van der Waals surface area contributed by atoms with Crippen LogP contribution in [0.15, 0.2) is 0 Å². The van der Waals surface area contributed by atoms with Crippen molar-refractivity contribution in [3.8, 4) is 0 Å². The molecule has 0 amide bonds. The Labute approximate surface area is 95.2 Å². The van der Waals surface area contributed by atoms with Crippen LogP contribution in [0.3, 0.4) is 0 Å². The van der Waals surface area contributed by atoms with Gasteiger partial charge in [0.1, 0.15) is 0 Å². The normalized spacial score (nSPS) is 27.2. The van der Waals surface area contributed by atoms with Gasteiger partial charge in [0.25, 0.3) is 0 Å². The van der Waals surface area contributed by atoms with Crippen LogP contribution in [-0.4, -0.2) is 29.6 Å². The van der Waals surface area contributed by atoms with Crippen molar-refractivity contribution in [2.45, 2.75) is 65.0 Å². The van der Waals surface area contributed by atoms with Crippen molar-refractivity contribution in [1.82, 2.24) is 4.90 Å². The molecule has 0 bridgehead atoms. The standard InChI is InChI=1S/C13H28N2/c1-11(2)7-8-13(4,10-14)15-9-5-6-12(15)3/h11-12H,5-10,14H2,1-4H3. The van der Waals surface area contributed by atoms with Gasteiger partial charge in [-0.15, -0.1) is 0 Å². The van der Waals surface area contributed by atoms with E-state index in [0.717, 1.165) is 18.5 Å². The van der Waals surface area contributed by atoms with Crippen molar-refractivity contribution in [3.05, 3.63) is 0 Å². The molecule has 1 aliphatic heterocycles. The van der Waals surface area contributed by atoms with Crippen LogP contribution in [0.1, 0.15) is 53.4 Å². The van der Waals surface area contributed by atoms with Gasteiger partial charge in [-0.2, -0.15) is 0 Å². The lowest BCUT2D eigenvalue weighted by Gasteiger charge is -2.41. The first-order valence-electron chi connectivity index (χ1n) is 6.46. The van der Waals surface area contributed by atoms with Gasteiger partial charge < -0.3 is 5.73 Å². The zero-order valence-corrected chi connectivity index (χ0v) is 10.9. The van der Waals surface area contributed by atoms with Crippen molar-refractivity contribution in [2.75, 3.05) is 13.1 Å². The number of hydrogen-bond donors (Lipinski definition) is 1. The quantitative estimate of drug-likeness (QED) is 0.759. The molecule has 1 saturated heterocycles. The minimum atomic E-state index is 0.236. The Morgan fingerprint density at radius 3 is 2.53 bits per heavy atom. The van der Waals surface area contributed by atoms with E-state index in [9.17, 15) is 0 Å². The summed E-state index contributed by atoms with van der Waals surface area (Å²) in [6.07, 6.45) is 5.22. The highest BCUT2D eigenvalue weighted by atomic mass is 15.2. The van der Waals surface area contributed by atoms with E-state index in [1.807, 2.05) is 0 Å². The van der Waals surface area contributed by atoms with Crippen LogP contribution in [-0.2, 0) is 0 Å². The molecular formula is C13H28N2. The summed E-state index contributed by atoms with van der Waals surface area (Å²) in [7, 11) is 0. The molecule has 2 atom stereocenters. The fourth-order valence-electron chi connectivity index (χ4n) is 2.70. The molecule has 0 aromatic carbocycles. The smallest absolute Gasteiger partial charge is 0.0306 e. The number of nitrogens with two attached hydrogens (primary N) is 1. The summed E-state index contributed by atoms with van der Waals surface area (Å²) < 4.78 is 0. The van der Waals surface area contributed by atoms with Crippen LogP contribution < -0.4 is 5.73 Å². The third-order valence-electron chi connectivity index (χ3n) is 3.95. The van der Waals surface area contributed by atoms with Crippen molar-refractivity contribution in [2.24, 2.45) is 11.7 Å². The minimum Gasteiger partial charge on any atom is -0.329 e. The van der Waals surface area contributed by atoms with Crippen LogP contribution in [0.25, 0.3) is 0 Å². The molecule has 2 heteroatoms. The Bertz CT molecular complexity index is 191. The summed E-state index contributed by atoms with van der Waals surface area (Å²) in [4.78, 5) is 2.63. The lowest BCUT2D eigenvalue weighted by Crippen LogP contribution is -2.53. The van der Waals surface area contributed by atoms with Gasteiger partial charge in [-0.25, -0.2) is 0 Å². The van der Waals surface area contributed by atoms with Gasteiger partial charge >= 0.3 is 0 Å². The van der Waals surface area contributed by atoms with E-state index in [2.05, 4.69) is 32.6 Å². The lowest BCUT2D eigenvalue weighted by atomic mass is 9.89. The average molecular weight is 212 g/mol. The van der Waals surface area contributed by atoms with Gasteiger partial charge in [0.2, 0.25) is 0 Å². The molecule has 0 aromatic heterocycles. The Hall–Kier alpha value is -0.0800. The van der Waals surface area contributed by atoms with Crippen LogP contribution >= 0.6 is 0 Å². The third kappa shape index (κ3) is 3.18. The maximum atomic E-state index is 5.99. The topological polar surface area (TPSA) is 29.3 Å². The molecule has 2 nitrogen and oxygen atoms in total. The first-order valence-corrected chi connectivity index (χ1v) is 6.46. The molecule has 2 N–H and O–H groups in total. The summed E-state index contributed by atoms with van der Waals surface area (Å²) in [5, 5.41) is 0.